The number of nitrogens with zero attached hydrogens (tertiary/aromatic N) is 1. The molecule has 0 aliphatic rings. The van der Waals surface area contributed by atoms with Gasteiger partial charge in [0, 0.05) is 22.6 Å². The third-order valence-electron chi connectivity index (χ3n) is 3.50. The number of nitriles is 1. The summed E-state index contributed by atoms with van der Waals surface area (Å²) in [7, 11) is 0. The largest absolute Gasteiger partial charge is 0.306 e. The third-order valence-corrected chi connectivity index (χ3v) is 4.06. The zero-order valence-electron chi connectivity index (χ0n) is 12.0. The minimum absolute atomic E-state index is 0.116. The lowest BCUT2D eigenvalue weighted by molar-refractivity contribution is 0.573. The van der Waals surface area contributed by atoms with Crippen LogP contribution in [-0.4, -0.2) is 0 Å². The Morgan fingerprint density at radius 1 is 1.19 bits per heavy atom. The molecule has 4 heteroatoms. The molecular weight excluding hydrogens is 303 g/mol. The van der Waals surface area contributed by atoms with Crippen LogP contribution in [-0.2, 0) is 6.54 Å². The van der Waals surface area contributed by atoms with E-state index in [1.54, 1.807) is 6.07 Å². The van der Waals surface area contributed by atoms with E-state index < -0.39 is 0 Å². The number of rotatable bonds is 4. The fourth-order valence-corrected chi connectivity index (χ4v) is 2.76. The van der Waals surface area contributed by atoms with Crippen molar-refractivity contribution < 1.29 is 0 Å². The van der Waals surface area contributed by atoms with Gasteiger partial charge in [-0.2, -0.15) is 5.26 Å². The Labute approximate surface area is 135 Å². The second kappa shape index (κ2) is 6.95. The molecule has 108 valence electrons. The number of hydrogen-bond acceptors (Lipinski definition) is 2. The maximum Gasteiger partial charge on any atom is 0.0991 e. The molecule has 0 heterocycles. The first-order chi connectivity index (χ1) is 10.0. The van der Waals surface area contributed by atoms with Gasteiger partial charge in [0.2, 0.25) is 0 Å². The molecule has 1 unspecified atom stereocenters. The van der Waals surface area contributed by atoms with Gasteiger partial charge in [0.15, 0.2) is 0 Å². The molecule has 0 aliphatic heterocycles. The van der Waals surface area contributed by atoms with Crippen LogP contribution in [0.4, 0.5) is 0 Å². The standard InChI is InChI=1S/C17H16Cl2N2/c1-11-7-13(9-20)3-4-14(11)10-21-12(2)16-6-5-15(18)8-17(16)19/h3-8,12,21H,10H2,1-2H3. The van der Waals surface area contributed by atoms with Crippen molar-refractivity contribution in [2.24, 2.45) is 0 Å². The second-order valence-electron chi connectivity index (χ2n) is 5.02. The van der Waals surface area contributed by atoms with Gasteiger partial charge in [-0.1, -0.05) is 35.3 Å². The zero-order chi connectivity index (χ0) is 15.4. The average molecular weight is 319 g/mol. The normalized spacial score (nSPS) is 12.0. The monoisotopic (exact) mass is 318 g/mol. The summed E-state index contributed by atoms with van der Waals surface area (Å²) in [5.41, 5.74) is 3.99. The van der Waals surface area contributed by atoms with Crippen LogP contribution in [0.3, 0.4) is 0 Å². The summed E-state index contributed by atoms with van der Waals surface area (Å²) < 4.78 is 0. The van der Waals surface area contributed by atoms with Crippen LogP contribution in [0.15, 0.2) is 36.4 Å². The van der Waals surface area contributed by atoms with Crippen molar-refractivity contribution in [1.82, 2.24) is 5.32 Å². The molecule has 1 N–H and O–H groups in total. The zero-order valence-corrected chi connectivity index (χ0v) is 13.5. The first kappa shape index (κ1) is 15.9. The van der Waals surface area contributed by atoms with E-state index in [1.165, 1.54) is 5.56 Å². The topological polar surface area (TPSA) is 35.8 Å². The van der Waals surface area contributed by atoms with Crippen LogP contribution >= 0.6 is 23.2 Å². The average Bonchev–Trinajstić information content (AvgIpc) is 2.45. The van der Waals surface area contributed by atoms with Crippen molar-refractivity contribution in [3.8, 4) is 6.07 Å². The minimum atomic E-state index is 0.116. The molecule has 21 heavy (non-hydrogen) atoms. The Kier molecular flexibility index (Phi) is 5.25. The van der Waals surface area contributed by atoms with Gasteiger partial charge in [-0.25, -0.2) is 0 Å². The molecule has 0 aromatic heterocycles. The van der Waals surface area contributed by atoms with Crippen LogP contribution in [0.25, 0.3) is 0 Å². The van der Waals surface area contributed by atoms with Gasteiger partial charge in [-0.05, 0) is 54.8 Å². The lowest BCUT2D eigenvalue weighted by Crippen LogP contribution is -2.19. The summed E-state index contributed by atoms with van der Waals surface area (Å²) in [5.74, 6) is 0. The van der Waals surface area contributed by atoms with E-state index >= 15 is 0 Å². The number of hydrogen-bond donors (Lipinski definition) is 1. The predicted molar refractivity (Wildman–Crippen MR) is 87.6 cm³/mol. The van der Waals surface area contributed by atoms with E-state index in [2.05, 4.69) is 18.3 Å². The lowest BCUT2D eigenvalue weighted by atomic mass is 10.0. The molecule has 0 aliphatic carbocycles. The summed E-state index contributed by atoms with van der Waals surface area (Å²) in [4.78, 5) is 0. The van der Waals surface area contributed by atoms with Gasteiger partial charge in [0.25, 0.3) is 0 Å². The van der Waals surface area contributed by atoms with Gasteiger partial charge in [-0.15, -0.1) is 0 Å². The van der Waals surface area contributed by atoms with Gasteiger partial charge >= 0.3 is 0 Å². The highest BCUT2D eigenvalue weighted by atomic mass is 35.5. The Bertz CT molecular complexity index is 690. The van der Waals surface area contributed by atoms with Crippen LogP contribution < -0.4 is 5.32 Å². The van der Waals surface area contributed by atoms with Crippen molar-refractivity contribution in [3.63, 3.8) is 0 Å². The van der Waals surface area contributed by atoms with E-state index in [4.69, 9.17) is 28.5 Å². The molecule has 2 rings (SSSR count). The molecule has 0 radical (unpaired) electrons. The van der Waals surface area contributed by atoms with E-state index in [1.807, 2.05) is 37.3 Å². The Morgan fingerprint density at radius 3 is 2.57 bits per heavy atom. The highest BCUT2D eigenvalue weighted by Crippen LogP contribution is 2.26. The molecular formula is C17H16Cl2N2. The molecule has 0 amide bonds. The summed E-state index contributed by atoms with van der Waals surface area (Å²) in [6, 6.07) is 13.5. The molecule has 1 atom stereocenters. The maximum atomic E-state index is 8.88. The van der Waals surface area contributed by atoms with E-state index in [0.717, 1.165) is 17.7 Å². The molecule has 0 fully saturated rings. The highest BCUT2D eigenvalue weighted by molar-refractivity contribution is 6.35. The fraction of sp³-hybridized carbons (Fsp3) is 0.235. The van der Waals surface area contributed by atoms with Crippen LogP contribution in [0.1, 0.15) is 35.2 Å². The Balaban J connectivity index is 2.07. The first-order valence-corrected chi connectivity index (χ1v) is 7.45. The second-order valence-corrected chi connectivity index (χ2v) is 5.87. The summed E-state index contributed by atoms with van der Waals surface area (Å²) in [5, 5.41) is 13.6. The van der Waals surface area contributed by atoms with Gasteiger partial charge in [0.05, 0.1) is 11.6 Å². The first-order valence-electron chi connectivity index (χ1n) is 6.69. The molecule has 0 spiro atoms. The third kappa shape index (κ3) is 3.98. The summed E-state index contributed by atoms with van der Waals surface area (Å²) >= 11 is 12.1. The molecule has 2 nitrogen and oxygen atoms in total. The SMILES string of the molecule is Cc1cc(C#N)ccc1CNC(C)c1ccc(Cl)cc1Cl. The number of aryl methyl sites for hydroxylation is 1. The molecule has 0 saturated carbocycles. The van der Waals surface area contributed by atoms with Crippen LogP contribution in [0, 0.1) is 18.3 Å². The highest BCUT2D eigenvalue weighted by Gasteiger charge is 2.10. The quantitative estimate of drug-likeness (QED) is 0.858. The van der Waals surface area contributed by atoms with Crippen LogP contribution in [0.5, 0.6) is 0 Å². The van der Waals surface area contributed by atoms with Gasteiger partial charge in [0.1, 0.15) is 0 Å². The minimum Gasteiger partial charge on any atom is -0.306 e. The maximum absolute atomic E-state index is 8.88. The van der Waals surface area contributed by atoms with Crippen molar-refractivity contribution >= 4 is 23.2 Å². The molecule has 2 aromatic carbocycles. The molecule has 0 saturated heterocycles. The molecule has 0 bridgehead atoms. The number of halogens is 2. The van der Waals surface area contributed by atoms with E-state index in [-0.39, 0.29) is 6.04 Å². The van der Waals surface area contributed by atoms with E-state index in [0.29, 0.717) is 15.6 Å². The van der Waals surface area contributed by atoms with Crippen molar-refractivity contribution in [3.05, 3.63) is 68.7 Å². The smallest absolute Gasteiger partial charge is 0.0991 e. The van der Waals surface area contributed by atoms with Crippen molar-refractivity contribution in [1.29, 1.82) is 5.26 Å². The fourth-order valence-electron chi connectivity index (χ4n) is 2.19. The predicted octanol–water partition coefficient (Wildman–Crippen LogP) is 5.02. The van der Waals surface area contributed by atoms with Crippen molar-refractivity contribution in [2.45, 2.75) is 26.4 Å². The van der Waals surface area contributed by atoms with Crippen molar-refractivity contribution in [2.75, 3.05) is 0 Å². The van der Waals surface area contributed by atoms with Crippen LogP contribution in [0.2, 0.25) is 10.0 Å². The Morgan fingerprint density at radius 2 is 1.95 bits per heavy atom. The summed E-state index contributed by atoms with van der Waals surface area (Å²) in [6.07, 6.45) is 0. The lowest BCUT2D eigenvalue weighted by Gasteiger charge is -2.17. The van der Waals surface area contributed by atoms with E-state index in [9.17, 15) is 0 Å². The Hall–Kier alpha value is -1.53. The number of nitrogens with one attached hydrogen (secondary N) is 1. The molecule has 2 aromatic rings. The number of benzene rings is 2. The van der Waals surface area contributed by atoms with Gasteiger partial charge in [-0.3, -0.25) is 0 Å². The van der Waals surface area contributed by atoms with Gasteiger partial charge < -0.3 is 5.32 Å². The summed E-state index contributed by atoms with van der Waals surface area (Å²) in [6.45, 7) is 4.80.